The molecule has 2 aromatic carbocycles. The fourth-order valence-corrected chi connectivity index (χ4v) is 6.03. The van der Waals surface area contributed by atoms with Crippen LogP contribution in [0.25, 0.3) is 10.9 Å². The Hall–Kier alpha value is -2.87. The van der Waals surface area contributed by atoms with E-state index in [1.807, 2.05) is 43.7 Å². The van der Waals surface area contributed by atoms with E-state index in [2.05, 4.69) is 4.98 Å². The zero-order valence-corrected chi connectivity index (χ0v) is 23.5. The van der Waals surface area contributed by atoms with Crippen LogP contribution < -0.4 is 0 Å². The number of hydrogen-bond acceptors (Lipinski definition) is 4. The molecule has 0 bridgehead atoms. The van der Waals surface area contributed by atoms with Crippen molar-refractivity contribution in [2.24, 2.45) is 13.0 Å². The van der Waals surface area contributed by atoms with Crippen LogP contribution in [-0.4, -0.2) is 32.9 Å². The summed E-state index contributed by atoms with van der Waals surface area (Å²) >= 11 is 7.09. The zero-order valence-electron chi connectivity index (χ0n) is 22.8. The Balaban J connectivity index is 1.62. The fraction of sp³-hybridized carbons (Fsp3) is 0.419. The molecule has 0 amide bonds. The van der Waals surface area contributed by atoms with Crippen LogP contribution in [0.2, 0.25) is 5.02 Å². The van der Waals surface area contributed by atoms with Gasteiger partial charge in [0.1, 0.15) is 11.4 Å². The highest BCUT2D eigenvalue weighted by Crippen LogP contribution is 2.43. The van der Waals surface area contributed by atoms with E-state index in [0.717, 1.165) is 64.6 Å². The second kappa shape index (κ2) is 10.6. The van der Waals surface area contributed by atoms with Crippen molar-refractivity contribution in [3.05, 3.63) is 93.2 Å². The third-order valence-electron chi connectivity index (χ3n) is 8.14. The molecule has 5 rings (SSSR count). The van der Waals surface area contributed by atoms with Gasteiger partial charge in [-0.15, -0.1) is 0 Å². The average molecular weight is 554 g/mol. The van der Waals surface area contributed by atoms with E-state index in [0.29, 0.717) is 31.1 Å². The first-order chi connectivity index (χ1) is 18.5. The number of nitrogens with zero attached hydrogens (tertiary/aromatic N) is 3. The summed E-state index contributed by atoms with van der Waals surface area (Å²) < 4.78 is 35.0. The van der Waals surface area contributed by atoms with Crippen molar-refractivity contribution in [3.63, 3.8) is 0 Å². The summed E-state index contributed by atoms with van der Waals surface area (Å²) in [7, 11) is 1.92. The molecule has 1 aliphatic rings. The van der Waals surface area contributed by atoms with Crippen molar-refractivity contribution in [1.29, 1.82) is 0 Å². The van der Waals surface area contributed by atoms with Crippen LogP contribution in [0.5, 0.6) is 0 Å². The number of benzene rings is 2. The van der Waals surface area contributed by atoms with Crippen molar-refractivity contribution in [2.75, 3.05) is 13.2 Å². The minimum absolute atomic E-state index is 0.0212. The lowest BCUT2D eigenvalue weighted by atomic mass is 9.74. The van der Waals surface area contributed by atoms with Gasteiger partial charge in [-0.3, -0.25) is 4.98 Å². The standard InChI is InChI=1S/C31H34ClF2N3O2/c1-5-26-24(16-20-6-8-21(9-7-20)30(3,33)34)29(32)25-17-23(10-11-27(25)36-26)31(38,22-12-14-39-15-13-22)28-18-35-19(2)37(28)4/h6-11,17-18,22,38H,5,12-16H2,1-4H3. The van der Waals surface area contributed by atoms with Gasteiger partial charge in [0.2, 0.25) is 0 Å². The van der Waals surface area contributed by atoms with Crippen LogP contribution in [0.4, 0.5) is 8.78 Å². The predicted molar refractivity (Wildman–Crippen MR) is 149 cm³/mol. The molecule has 0 spiro atoms. The first kappa shape index (κ1) is 27.7. The molecular formula is C31H34ClF2N3O2. The Bertz CT molecular complexity index is 1490. The van der Waals surface area contributed by atoms with Gasteiger partial charge >= 0.3 is 0 Å². The fourth-order valence-electron chi connectivity index (χ4n) is 5.70. The normalized spacial score (nSPS) is 16.5. The number of aryl methyl sites for hydroxylation is 2. The summed E-state index contributed by atoms with van der Waals surface area (Å²) in [6, 6.07) is 12.2. The van der Waals surface area contributed by atoms with Gasteiger partial charge in [0.05, 0.1) is 22.4 Å². The summed E-state index contributed by atoms with van der Waals surface area (Å²) in [5, 5.41) is 13.8. The molecular weight excluding hydrogens is 520 g/mol. The molecule has 8 heteroatoms. The smallest absolute Gasteiger partial charge is 0.270 e. The third-order valence-corrected chi connectivity index (χ3v) is 8.57. The Labute approximate surface area is 232 Å². The van der Waals surface area contributed by atoms with E-state index in [9.17, 15) is 13.9 Å². The number of aliphatic hydroxyl groups is 1. The van der Waals surface area contributed by atoms with E-state index in [1.54, 1.807) is 18.3 Å². The maximum Gasteiger partial charge on any atom is 0.270 e. The number of pyridine rings is 1. The molecule has 1 aliphatic heterocycles. The number of alkyl halides is 2. The number of ether oxygens (including phenoxy) is 1. The molecule has 3 heterocycles. The van der Waals surface area contributed by atoms with Crippen LogP contribution in [0.15, 0.2) is 48.7 Å². The van der Waals surface area contributed by atoms with Gasteiger partial charge < -0.3 is 14.4 Å². The number of halogens is 3. The second-order valence-electron chi connectivity index (χ2n) is 10.6. The molecule has 5 nitrogen and oxygen atoms in total. The first-order valence-corrected chi connectivity index (χ1v) is 13.8. The van der Waals surface area contributed by atoms with Gasteiger partial charge in [-0.05, 0) is 55.0 Å². The average Bonchev–Trinajstić information content (AvgIpc) is 3.27. The van der Waals surface area contributed by atoms with Crippen LogP contribution in [0, 0.1) is 12.8 Å². The largest absolute Gasteiger partial charge is 0.381 e. The van der Waals surface area contributed by atoms with Crippen molar-refractivity contribution in [2.45, 2.75) is 58.0 Å². The van der Waals surface area contributed by atoms with Crippen LogP contribution in [-0.2, 0) is 36.1 Å². The highest BCUT2D eigenvalue weighted by Gasteiger charge is 2.43. The number of aromatic nitrogens is 3. The Morgan fingerprint density at radius 1 is 1.10 bits per heavy atom. The molecule has 0 aliphatic carbocycles. The predicted octanol–water partition coefficient (Wildman–Crippen LogP) is 6.86. The highest BCUT2D eigenvalue weighted by molar-refractivity contribution is 6.36. The molecule has 4 aromatic rings. The molecule has 206 valence electrons. The van der Waals surface area contributed by atoms with Gasteiger partial charge in [-0.2, -0.15) is 0 Å². The van der Waals surface area contributed by atoms with Crippen LogP contribution in [0.3, 0.4) is 0 Å². The SMILES string of the molecule is CCc1nc2ccc(C(O)(c3cnc(C)n3C)C3CCOCC3)cc2c(Cl)c1Cc1ccc(C(C)(F)F)cc1. The molecule has 0 saturated carbocycles. The second-order valence-corrected chi connectivity index (χ2v) is 11.0. The van der Waals surface area contributed by atoms with E-state index < -0.39 is 11.5 Å². The van der Waals surface area contributed by atoms with Crippen LogP contribution >= 0.6 is 11.6 Å². The van der Waals surface area contributed by atoms with E-state index >= 15 is 0 Å². The molecule has 2 aromatic heterocycles. The first-order valence-electron chi connectivity index (χ1n) is 13.4. The Kier molecular flexibility index (Phi) is 7.53. The van der Waals surface area contributed by atoms with Gasteiger partial charge in [0, 0.05) is 56.2 Å². The number of hydrogen-bond donors (Lipinski definition) is 1. The lowest BCUT2D eigenvalue weighted by Crippen LogP contribution is -2.41. The lowest BCUT2D eigenvalue weighted by Gasteiger charge is -2.39. The van der Waals surface area contributed by atoms with Crippen molar-refractivity contribution < 1.29 is 18.6 Å². The minimum atomic E-state index is -2.89. The molecule has 1 saturated heterocycles. The van der Waals surface area contributed by atoms with E-state index in [1.165, 1.54) is 12.1 Å². The maximum atomic E-state index is 13.7. The summed E-state index contributed by atoms with van der Waals surface area (Å²) in [6.07, 6.45) is 4.34. The third kappa shape index (κ3) is 5.08. The topological polar surface area (TPSA) is 60.2 Å². The van der Waals surface area contributed by atoms with Crippen molar-refractivity contribution >= 4 is 22.5 Å². The number of rotatable bonds is 7. The van der Waals surface area contributed by atoms with Gasteiger partial charge in [-0.1, -0.05) is 48.9 Å². The monoisotopic (exact) mass is 553 g/mol. The van der Waals surface area contributed by atoms with E-state index in [-0.39, 0.29) is 11.5 Å². The Morgan fingerprint density at radius 3 is 2.36 bits per heavy atom. The summed E-state index contributed by atoms with van der Waals surface area (Å²) in [4.78, 5) is 9.39. The minimum Gasteiger partial charge on any atom is -0.381 e. The molecule has 39 heavy (non-hydrogen) atoms. The molecule has 1 N–H and O–H groups in total. The number of fused-ring (bicyclic) bond motifs is 1. The lowest BCUT2D eigenvalue weighted by molar-refractivity contribution is -0.0471. The molecule has 1 atom stereocenters. The van der Waals surface area contributed by atoms with Gasteiger partial charge in [0.25, 0.3) is 5.92 Å². The highest BCUT2D eigenvalue weighted by atomic mass is 35.5. The molecule has 0 radical (unpaired) electrons. The Morgan fingerprint density at radius 2 is 1.77 bits per heavy atom. The summed E-state index contributed by atoms with van der Waals surface area (Å²) in [5.41, 5.74) is 3.51. The maximum absolute atomic E-state index is 13.7. The molecule has 1 unspecified atom stereocenters. The quantitative estimate of drug-likeness (QED) is 0.272. The van der Waals surface area contributed by atoms with Gasteiger partial charge in [-0.25, -0.2) is 13.8 Å². The van der Waals surface area contributed by atoms with E-state index in [4.69, 9.17) is 21.3 Å². The summed E-state index contributed by atoms with van der Waals surface area (Å²) in [5.74, 6) is -2.13. The summed E-state index contributed by atoms with van der Waals surface area (Å²) in [6.45, 7) is 6.02. The number of imidazole rings is 1. The van der Waals surface area contributed by atoms with Crippen molar-refractivity contribution in [3.8, 4) is 0 Å². The van der Waals surface area contributed by atoms with Crippen LogP contribution in [0.1, 0.15) is 66.2 Å². The molecule has 1 fully saturated rings. The van der Waals surface area contributed by atoms with Crippen molar-refractivity contribution in [1.82, 2.24) is 14.5 Å². The zero-order chi connectivity index (χ0) is 27.9. The van der Waals surface area contributed by atoms with Gasteiger partial charge in [0.15, 0.2) is 0 Å².